The molecule has 0 radical (unpaired) electrons. The van der Waals surface area contributed by atoms with Crippen LogP contribution in [0.25, 0.3) is 11.1 Å². The first kappa shape index (κ1) is 16.5. The quantitative estimate of drug-likeness (QED) is 0.643. The summed E-state index contributed by atoms with van der Waals surface area (Å²) in [5.74, 6) is -2.01. The average molecular weight is 313 g/mol. The fourth-order valence-electron chi connectivity index (χ4n) is 2.32. The number of aryl methyl sites for hydroxylation is 1. The third kappa shape index (κ3) is 3.18. The van der Waals surface area contributed by atoms with Crippen LogP contribution in [0.5, 0.6) is 0 Å². The van der Waals surface area contributed by atoms with Crippen molar-refractivity contribution in [2.45, 2.75) is 6.92 Å². The Morgan fingerprint density at radius 2 is 1.87 bits per heavy atom. The van der Waals surface area contributed by atoms with E-state index in [4.69, 9.17) is 4.74 Å². The van der Waals surface area contributed by atoms with Crippen LogP contribution in [0.3, 0.4) is 0 Å². The highest BCUT2D eigenvalue weighted by atomic mass is 16.5. The zero-order chi connectivity index (χ0) is 17.1. The summed E-state index contributed by atoms with van der Waals surface area (Å²) >= 11 is 0. The predicted octanol–water partition coefficient (Wildman–Crippen LogP) is 0.186. The summed E-state index contributed by atoms with van der Waals surface area (Å²) in [4.78, 5) is 36.1. The van der Waals surface area contributed by atoms with Crippen molar-refractivity contribution in [1.29, 1.82) is 0 Å². The molecule has 1 aromatic heterocycles. The number of carbonyl (C=O) groups excluding carboxylic acids is 1. The molecule has 0 fully saturated rings. The van der Waals surface area contributed by atoms with Gasteiger partial charge in [-0.3, -0.25) is 4.79 Å². The van der Waals surface area contributed by atoms with E-state index >= 15 is 0 Å². The fourth-order valence-corrected chi connectivity index (χ4v) is 2.32. The maximum atomic E-state index is 12.6. The summed E-state index contributed by atoms with van der Waals surface area (Å²) in [6, 6.07) is 6.94. The Hall–Kier alpha value is -2.83. The summed E-state index contributed by atoms with van der Waals surface area (Å²) < 4.78 is 6.32. The van der Waals surface area contributed by atoms with Crippen molar-refractivity contribution in [3.8, 4) is 11.1 Å². The van der Waals surface area contributed by atoms with E-state index in [0.29, 0.717) is 5.56 Å². The Morgan fingerprint density at radius 1 is 1.26 bits per heavy atom. The van der Waals surface area contributed by atoms with Crippen LogP contribution in [0.2, 0.25) is 0 Å². The van der Waals surface area contributed by atoms with E-state index < -0.39 is 22.9 Å². The van der Waals surface area contributed by atoms with Crippen LogP contribution in [0.15, 0.2) is 35.3 Å². The lowest BCUT2D eigenvalue weighted by atomic mass is 9.92. The van der Waals surface area contributed by atoms with Gasteiger partial charge in [-0.25, -0.2) is 9.59 Å². The predicted molar refractivity (Wildman–Crippen MR) is 88.2 cm³/mol. The van der Waals surface area contributed by atoms with E-state index in [9.17, 15) is 19.5 Å². The maximum Gasteiger partial charge on any atom is 0.355 e. The molecule has 0 aliphatic carbocycles. The first-order valence-electron chi connectivity index (χ1n) is 7.07. The van der Waals surface area contributed by atoms with Gasteiger partial charge in [0, 0.05) is 13.2 Å². The normalized spacial score (nSPS) is 10.3. The van der Waals surface area contributed by atoms with Crippen molar-refractivity contribution in [2.24, 2.45) is 7.05 Å². The van der Waals surface area contributed by atoms with Crippen molar-refractivity contribution in [1.82, 2.24) is 4.57 Å². The van der Waals surface area contributed by atoms with Crippen molar-refractivity contribution in [3.63, 3.8) is 0 Å². The molecule has 0 aliphatic rings. The van der Waals surface area contributed by atoms with Gasteiger partial charge in [0.15, 0.2) is 0 Å². The number of ether oxygens (including phenoxy) is 1. The number of hydrogen-bond donors (Lipinski definition) is 1. The van der Waals surface area contributed by atoms with Crippen LogP contribution in [0.1, 0.15) is 27.8 Å². The summed E-state index contributed by atoms with van der Waals surface area (Å²) in [6.45, 7) is 1.81. The molecule has 0 unspecified atom stereocenters. The molecule has 0 saturated heterocycles. The molecule has 0 saturated carbocycles. The lowest BCUT2D eigenvalue weighted by molar-refractivity contribution is 0.0513. The summed E-state index contributed by atoms with van der Waals surface area (Å²) in [6.07, 6.45) is 1.13. The van der Waals surface area contributed by atoms with Gasteiger partial charge in [0.1, 0.15) is 19.1 Å². The first-order chi connectivity index (χ1) is 10.9. The molecule has 1 aromatic carbocycles. The molecule has 0 atom stereocenters. The minimum Gasteiger partial charge on any atom is -0.477 e. The Morgan fingerprint density at radius 3 is 2.39 bits per heavy atom. The third-order valence-electron chi connectivity index (χ3n) is 3.42. The zero-order valence-electron chi connectivity index (χ0n) is 13.1. The lowest BCUT2D eigenvalue weighted by Crippen LogP contribution is -2.25. The zero-order valence-corrected chi connectivity index (χ0v) is 13.1. The van der Waals surface area contributed by atoms with Gasteiger partial charge in [0.05, 0.1) is 12.2 Å². The molecular weight excluding hydrogens is 297 g/mol. The number of nitrogens with zero attached hydrogens (tertiary/aromatic N) is 1. The fraction of sp³-hybridized carbons (Fsp3) is 0.188. The van der Waals surface area contributed by atoms with Gasteiger partial charge in [0.25, 0.3) is 0 Å². The smallest absolute Gasteiger partial charge is 0.355 e. The van der Waals surface area contributed by atoms with Gasteiger partial charge in [-0.15, -0.1) is 0 Å². The van der Waals surface area contributed by atoms with Crippen molar-refractivity contribution in [3.05, 3.63) is 51.9 Å². The number of aromatic nitrogens is 1. The van der Waals surface area contributed by atoms with E-state index in [0.717, 1.165) is 11.7 Å². The molecule has 0 amide bonds. The second kappa shape index (κ2) is 6.52. The second-order valence-corrected chi connectivity index (χ2v) is 5.10. The summed E-state index contributed by atoms with van der Waals surface area (Å²) in [5, 5.41) is 9.21. The van der Waals surface area contributed by atoms with Gasteiger partial charge in [-0.05, 0) is 12.5 Å². The molecule has 7 heteroatoms. The highest BCUT2D eigenvalue weighted by molar-refractivity contribution is 6.32. The summed E-state index contributed by atoms with van der Waals surface area (Å²) in [5.41, 5.74) is 0.426. The van der Waals surface area contributed by atoms with Crippen LogP contribution in [0.4, 0.5) is 0 Å². The second-order valence-electron chi connectivity index (χ2n) is 5.10. The molecular formula is C16H16BNO5. The van der Waals surface area contributed by atoms with Crippen LogP contribution in [-0.2, 0) is 11.8 Å². The van der Waals surface area contributed by atoms with E-state index in [1.807, 2.05) is 7.85 Å². The molecule has 2 aromatic rings. The van der Waals surface area contributed by atoms with Gasteiger partial charge in [-0.2, -0.15) is 0 Å². The minimum atomic E-state index is -1.34. The number of carbonyl (C=O) groups is 2. The molecule has 1 N–H and O–H groups in total. The van der Waals surface area contributed by atoms with Gasteiger partial charge >= 0.3 is 11.9 Å². The lowest BCUT2D eigenvalue weighted by Gasteiger charge is -2.14. The highest BCUT2D eigenvalue weighted by Gasteiger charge is 2.24. The Kier molecular flexibility index (Phi) is 4.69. The number of carboxylic acid groups (broad SMARTS) is 1. The number of benzene rings is 1. The van der Waals surface area contributed by atoms with Crippen LogP contribution in [0, 0.1) is 0 Å². The Balaban J connectivity index is 2.83. The monoisotopic (exact) mass is 313 g/mol. The number of aromatic carboxylic acids is 1. The molecule has 6 nitrogen and oxygen atoms in total. The van der Waals surface area contributed by atoms with Crippen molar-refractivity contribution >= 4 is 25.2 Å². The first-order valence-corrected chi connectivity index (χ1v) is 7.07. The molecule has 0 spiro atoms. The standard InChI is InChI=1S/C16H16BNO5/c1-3-23-16(22)13-12(9-4-6-10(17)7-5-9)14(19)11(15(20)21)8-18(13)2/h4-8H,3,17H2,1-2H3,(H,20,21). The van der Waals surface area contributed by atoms with Gasteiger partial charge in [-0.1, -0.05) is 29.7 Å². The van der Waals surface area contributed by atoms with Crippen LogP contribution >= 0.6 is 0 Å². The number of pyridine rings is 1. The molecule has 118 valence electrons. The molecule has 0 bridgehead atoms. The van der Waals surface area contributed by atoms with E-state index in [1.165, 1.54) is 11.6 Å². The molecule has 1 heterocycles. The Labute approximate surface area is 133 Å². The van der Waals surface area contributed by atoms with E-state index in [-0.39, 0.29) is 17.9 Å². The van der Waals surface area contributed by atoms with E-state index in [1.54, 1.807) is 31.2 Å². The highest BCUT2D eigenvalue weighted by Crippen LogP contribution is 2.21. The largest absolute Gasteiger partial charge is 0.477 e. The van der Waals surface area contributed by atoms with E-state index in [2.05, 4.69) is 0 Å². The van der Waals surface area contributed by atoms with Crippen molar-refractivity contribution in [2.75, 3.05) is 6.61 Å². The van der Waals surface area contributed by atoms with Gasteiger partial charge < -0.3 is 14.4 Å². The third-order valence-corrected chi connectivity index (χ3v) is 3.42. The van der Waals surface area contributed by atoms with Crippen molar-refractivity contribution < 1.29 is 19.4 Å². The SMILES string of the molecule is Bc1ccc(-c2c(C(=O)OCC)n(C)cc(C(=O)O)c2=O)cc1. The summed E-state index contributed by atoms with van der Waals surface area (Å²) in [7, 11) is 3.40. The maximum absolute atomic E-state index is 12.6. The minimum absolute atomic E-state index is 0.0331. The Bertz CT molecular complexity index is 824. The van der Waals surface area contributed by atoms with Crippen LogP contribution < -0.4 is 10.9 Å². The molecule has 2 rings (SSSR count). The molecule has 23 heavy (non-hydrogen) atoms. The van der Waals surface area contributed by atoms with Crippen LogP contribution in [-0.4, -0.2) is 36.1 Å². The van der Waals surface area contributed by atoms with Gasteiger partial charge in [0.2, 0.25) is 5.43 Å². The number of esters is 1. The number of rotatable bonds is 4. The average Bonchev–Trinajstić information content (AvgIpc) is 2.49. The number of carboxylic acids is 1. The number of hydrogen-bond acceptors (Lipinski definition) is 4. The topological polar surface area (TPSA) is 85.6 Å². The molecule has 0 aliphatic heterocycles.